The molecule has 1 aliphatic rings. The van der Waals surface area contributed by atoms with Crippen LogP contribution < -0.4 is 5.32 Å². The van der Waals surface area contributed by atoms with Gasteiger partial charge in [0.1, 0.15) is 0 Å². The molecule has 2 rings (SSSR count). The smallest absolute Gasteiger partial charge is 0.0693 e. The number of aromatic nitrogens is 2. The van der Waals surface area contributed by atoms with Gasteiger partial charge in [-0.25, -0.2) is 0 Å². The Labute approximate surface area is 90.3 Å². The van der Waals surface area contributed by atoms with Crippen LogP contribution in [0, 0.1) is 0 Å². The van der Waals surface area contributed by atoms with Crippen molar-refractivity contribution in [1.82, 2.24) is 15.1 Å². The maximum atomic E-state index is 9.71. The van der Waals surface area contributed by atoms with Crippen LogP contribution in [0.2, 0.25) is 0 Å². The van der Waals surface area contributed by atoms with Crippen LogP contribution in [-0.2, 0) is 7.05 Å². The van der Waals surface area contributed by atoms with Gasteiger partial charge in [0.25, 0.3) is 0 Å². The van der Waals surface area contributed by atoms with E-state index in [2.05, 4.69) is 17.3 Å². The molecule has 1 aromatic rings. The lowest BCUT2D eigenvalue weighted by molar-refractivity contribution is 0.144. The minimum absolute atomic E-state index is 0.177. The van der Waals surface area contributed by atoms with Gasteiger partial charge in [-0.15, -0.1) is 0 Å². The van der Waals surface area contributed by atoms with Crippen molar-refractivity contribution >= 4 is 0 Å². The third-order valence-electron chi connectivity index (χ3n) is 3.17. The van der Waals surface area contributed by atoms with Gasteiger partial charge >= 0.3 is 0 Å². The summed E-state index contributed by atoms with van der Waals surface area (Å²) in [6, 6.07) is 0.511. The number of aliphatic hydroxyl groups excluding tert-OH is 1. The highest BCUT2D eigenvalue weighted by Crippen LogP contribution is 2.22. The van der Waals surface area contributed by atoms with Crippen molar-refractivity contribution in [1.29, 1.82) is 0 Å². The standard InChI is InChI=1S/C11H19N3O/c1-8(9-6-12-14(2)7-9)13-10-4-3-5-11(10)15/h6-8,10-11,13,15H,3-5H2,1-2H3. The van der Waals surface area contributed by atoms with Gasteiger partial charge in [-0.05, 0) is 26.2 Å². The van der Waals surface area contributed by atoms with Gasteiger partial charge in [-0.1, -0.05) is 0 Å². The van der Waals surface area contributed by atoms with Crippen LogP contribution in [0.15, 0.2) is 12.4 Å². The normalized spacial score (nSPS) is 28.2. The lowest BCUT2D eigenvalue weighted by Crippen LogP contribution is -2.37. The molecular formula is C11H19N3O. The molecule has 0 amide bonds. The average Bonchev–Trinajstić information content (AvgIpc) is 2.77. The van der Waals surface area contributed by atoms with Crippen LogP contribution in [-0.4, -0.2) is 27.0 Å². The van der Waals surface area contributed by atoms with Gasteiger partial charge in [0.15, 0.2) is 0 Å². The first-order valence-electron chi connectivity index (χ1n) is 5.59. The predicted octanol–water partition coefficient (Wildman–Crippen LogP) is 0.984. The van der Waals surface area contributed by atoms with Gasteiger partial charge in [0.2, 0.25) is 0 Å². The topological polar surface area (TPSA) is 50.1 Å². The van der Waals surface area contributed by atoms with Gasteiger partial charge in [-0.3, -0.25) is 4.68 Å². The fourth-order valence-corrected chi connectivity index (χ4v) is 2.22. The van der Waals surface area contributed by atoms with E-state index in [1.807, 2.05) is 19.4 Å². The van der Waals surface area contributed by atoms with E-state index in [9.17, 15) is 5.11 Å². The Hall–Kier alpha value is -0.870. The highest BCUT2D eigenvalue weighted by Gasteiger charge is 2.26. The summed E-state index contributed by atoms with van der Waals surface area (Å²) in [5.41, 5.74) is 1.18. The molecule has 1 saturated carbocycles. The highest BCUT2D eigenvalue weighted by molar-refractivity contribution is 5.09. The Morgan fingerprint density at radius 3 is 2.93 bits per heavy atom. The molecule has 1 aliphatic carbocycles. The summed E-state index contributed by atoms with van der Waals surface area (Å²) >= 11 is 0. The van der Waals surface area contributed by atoms with E-state index in [0.29, 0.717) is 0 Å². The number of aryl methyl sites for hydroxylation is 1. The Kier molecular flexibility index (Phi) is 3.07. The second kappa shape index (κ2) is 4.33. The van der Waals surface area contributed by atoms with Crippen LogP contribution in [0.3, 0.4) is 0 Å². The molecule has 0 bridgehead atoms. The summed E-state index contributed by atoms with van der Waals surface area (Å²) in [6.07, 6.45) is 6.84. The first-order chi connectivity index (χ1) is 7.16. The second-order valence-corrected chi connectivity index (χ2v) is 4.44. The zero-order valence-electron chi connectivity index (χ0n) is 9.35. The van der Waals surface area contributed by atoms with Crippen molar-refractivity contribution in [2.24, 2.45) is 7.05 Å². The van der Waals surface area contributed by atoms with E-state index in [4.69, 9.17) is 0 Å². The zero-order valence-corrected chi connectivity index (χ0v) is 9.35. The van der Waals surface area contributed by atoms with E-state index in [1.54, 1.807) is 4.68 Å². The number of nitrogens with zero attached hydrogens (tertiary/aromatic N) is 2. The monoisotopic (exact) mass is 209 g/mol. The number of hydrogen-bond acceptors (Lipinski definition) is 3. The van der Waals surface area contributed by atoms with Gasteiger partial charge in [-0.2, -0.15) is 5.10 Å². The minimum atomic E-state index is -0.177. The van der Waals surface area contributed by atoms with E-state index in [1.165, 1.54) is 5.56 Å². The van der Waals surface area contributed by atoms with Crippen LogP contribution in [0.4, 0.5) is 0 Å². The van der Waals surface area contributed by atoms with Crippen molar-refractivity contribution in [3.8, 4) is 0 Å². The predicted molar refractivity (Wildman–Crippen MR) is 58.4 cm³/mol. The maximum Gasteiger partial charge on any atom is 0.0693 e. The molecule has 0 radical (unpaired) electrons. The molecule has 1 aromatic heterocycles. The minimum Gasteiger partial charge on any atom is -0.392 e. The molecule has 3 unspecified atom stereocenters. The zero-order chi connectivity index (χ0) is 10.8. The molecule has 15 heavy (non-hydrogen) atoms. The molecule has 1 fully saturated rings. The summed E-state index contributed by atoms with van der Waals surface area (Å²) in [5.74, 6) is 0. The third kappa shape index (κ3) is 2.38. The molecule has 1 heterocycles. The molecule has 0 aromatic carbocycles. The largest absolute Gasteiger partial charge is 0.392 e. The van der Waals surface area contributed by atoms with E-state index in [0.717, 1.165) is 19.3 Å². The van der Waals surface area contributed by atoms with Gasteiger partial charge in [0.05, 0.1) is 12.3 Å². The second-order valence-electron chi connectivity index (χ2n) is 4.44. The number of aliphatic hydroxyl groups is 1. The summed E-state index contributed by atoms with van der Waals surface area (Å²) < 4.78 is 1.80. The molecule has 84 valence electrons. The van der Waals surface area contributed by atoms with E-state index < -0.39 is 0 Å². The molecular weight excluding hydrogens is 190 g/mol. The average molecular weight is 209 g/mol. The molecule has 0 saturated heterocycles. The molecule has 0 spiro atoms. The molecule has 4 nitrogen and oxygen atoms in total. The molecule has 2 N–H and O–H groups in total. The maximum absolute atomic E-state index is 9.71. The quantitative estimate of drug-likeness (QED) is 0.780. The Balaban J connectivity index is 1.94. The Morgan fingerprint density at radius 2 is 2.40 bits per heavy atom. The Morgan fingerprint density at radius 1 is 1.60 bits per heavy atom. The van der Waals surface area contributed by atoms with Crippen molar-refractivity contribution in [3.05, 3.63) is 18.0 Å². The van der Waals surface area contributed by atoms with E-state index >= 15 is 0 Å². The SMILES string of the molecule is CC(NC1CCCC1O)c1cnn(C)c1. The summed E-state index contributed by atoms with van der Waals surface area (Å²) in [5, 5.41) is 17.3. The van der Waals surface area contributed by atoms with Crippen LogP contribution in [0.25, 0.3) is 0 Å². The summed E-state index contributed by atoms with van der Waals surface area (Å²) in [6.45, 7) is 2.11. The lowest BCUT2D eigenvalue weighted by atomic mass is 10.1. The fourth-order valence-electron chi connectivity index (χ4n) is 2.22. The molecule has 3 atom stereocenters. The number of rotatable bonds is 3. The highest BCUT2D eigenvalue weighted by atomic mass is 16.3. The first kappa shape index (κ1) is 10.6. The van der Waals surface area contributed by atoms with Crippen LogP contribution in [0.1, 0.15) is 37.8 Å². The summed E-state index contributed by atoms with van der Waals surface area (Å²) in [7, 11) is 1.92. The Bertz CT molecular complexity index is 323. The van der Waals surface area contributed by atoms with Gasteiger partial charge in [0, 0.05) is 30.9 Å². The lowest BCUT2D eigenvalue weighted by Gasteiger charge is -2.21. The van der Waals surface area contributed by atoms with Crippen LogP contribution in [0.5, 0.6) is 0 Å². The number of nitrogens with one attached hydrogen (secondary N) is 1. The van der Waals surface area contributed by atoms with Crippen LogP contribution >= 0.6 is 0 Å². The molecule has 0 aliphatic heterocycles. The third-order valence-corrected chi connectivity index (χ3v) is 3.17. The first-order valence-corrected chi connectivity index (χ1v) is 5.59. The van der Waals surface area contributed by atoms with Crippen molar-refractivity contribution < 1.29 is 5.11 Å². The van der Waals surface area contributed by atoms with E-state index in [-0.39, 0.29) is 18.2 Å². The number of hydrogen-bond donors (Lipinski definition) is 2. The van der Waals surface area contributed by atoms with Crippen molar-refractivity contribution in [2.75, 3.05) is 0 Å². The van der Waals surface area contributed by atoms with Crippen molar-refractivity contribution in [3.63, 3.8) is 0 Å². The fraction of sp³-hybridized carbons (Fsp3) is 0.727. The molecule has 4 heteroatoms. The van der Waals surface area contributed by atoms with Gasteiger partial charge < -0.3 is 10.4 Å². The summed E-state index contributed by atoms with van der Waals surface area (Å²) in [4.78, 5) is 0. The van der Waals surface area contributed by atoms with Crippen molar-refractivity contribution in [2.45, 2.75) is 44.4 Å².